The van der Waals surface area contributed by atoms with Gasteiger partial charge in [-0.05, 0) is 50.5 Å². The molecule has 6 heteroatoms. The Morgan fingerprint density at radius 1 is 1.35 bits per heavy atom. The Bertz CT molecular complexity index is 824. The van der Waals surface area contributed by atoms with Crippen molar-refractivity contribution in [2.75, 3.05) is 13.1 Å². The van der Waals surface area contributed by atoms with E-state index in [4.69, 9.17) is 21.6 Å². The zero-order chi connectivity index (χ0) is 18.4. The molecule has 0 aliphatic carbocycles. The Morgan fingerprint density at radius 3 is 2.88 bits per heavy atom. The molecule has 0 amide bonds. The van der Waals surface area contributed by atoms with Crippen LogP contribution in [0.25, 0.3) is 10.9 Å². The van der Waals surface area contributed by atoms with Gasteiger partial charge in [-0.2, -0.15) is 5.10 Å². The number of hydrogen-bond donors (Lipinski definition) is 1. The third-order valence-electron chi connectivity index (χ3n) is 4.46. The summed E-state index contributed by atoms with van der Waals surface area (Å²) in [5.74, 6) is 1.78. The second kappa shape index (κ2) is 8.99. The maximum Gasteiger partial charge on any atom is 0.155 e. The summed E-state index contributed by atoms with van der Waals surface area (Å²) in [7, 11) is 0. The predicted molar refractivity (Wildman–Crippen MR) is 111 cm³/mol. The van der Waals surface area contributed by atoms with E-state index in [1.807, 2.05) is 31.2 Å². The number of allylic oxidation sites excluding steroid dienone is 1. The Balaban J connectivity index is 1.95. The molecule has 138 valence electrons. The van der Waals surface area contributed by atoms with Gasteiger partial charge in [0, 0.05) is 29.9 Å². The Kier molecular flexibility index (Phi) is 6.45. The first kappa shape index (κ1) is 18.6. The molecule has 2 aromatic rings. The minimum atomic E-state index is 0.651. The molecule has 0 unspecified atom stereocenters. The molecule has 1 fully saturated rings. The number of benzene rings is 1. The summed E-state index contributed by atoms with van der Waals surface area (Å²) >= 11 is 6.15. The first-order valence-electron chi connectivity index (χ1n) is 9.34. The van der Waals surface area contributed by atoms with Crippen LogP contribution in [0.2, 0.25) is 0 Å². The number of aliphatic imine (C=N–C) groups is 2. The van der Waals surface area contributed by atoms with Crippen LogP contribution in [0.4, 0.5) is 5.69 Å². The van der Waals surface area contributed by atoms with Gasteiger partial charge in [-0.3, -0.25) is 5.10 Å². The van der Waals surface area contributed by atoms with Crippen molar-refractivity contribution < 1.29 is 0 Å². The van der Waals surface area contributed by atoms with E-state index in [0.29, 0.717) is 10.9 Å². The molecule has 0 spiro atoms. The van der Waals surface area contributed by atoms with Crippen molar-refractivity contribution in [3.05, 3.63) is 35.5 Å². The molecule has 1 saturated heterocycles. The number of hydrogen-bond acceptors (Lipinski definition) is 2. The van der Waals surface area contributed by atoms with Gasteiger partial charge in [0.2, 0.25) is 0 Å². The quantitative estimate of drug-likeness (QED) is 0.563. The van der Waals surface area contributed by atoms with E-state index >= 15 is 0 Å². The van der Waals surface area contributed by atoms with Gasteiger partial charge in [-0.25, -0.2) is 9.98 Å². The molecule has 0 radical (unpaired) electrons. The topological polar surface area (TPSA) is 56.6 Å². The molecule has 0 saturated carbocycles. The zero-order valence-electron chi connectivity index (χ0n) is 15.5. The number of unbranched alkanes of at least 4 members (excludes halogenated alkanes) is 1. The summed E-state index contributed by atoms with van der Waals surface area (Å²) in [6.45, 7) is 6.23. The van der Waals surface area contributed by atoms with Crippen LogP contribution in [0.1, 0.15) is 46.0 Å². The second-order valence-electron chi connectivity index (χ2n) is 6.67. The van der Waals surface area contributed by atoms with Gasteiger partial charge in [0.25, 0.3) is 0 Å². The summed E-state index contributed by atoms with van der Waals surface area (Å²) < 4.78 is 0. The molecule has 0 bridgehead atoms. The van der Waals surface area contributed by atoms with E-state index in [1.54, 1.807) is 6.20 Å². The second-order valence-corrected chi connectivity index (χ2v) is 7.26. The molecule has 1 aliphatic heterocycles. The summed E-state index contributed by atoms with van der Waals surface area (Å²) in [6, 6.07) is 5.96. The van der Waals surface area contributed by atoms with E-state index in [1.165, 1.54) is 12.8 Å². The van der Waals surface area contributed by atoms with E-state index in [9.17, 15) is 0 Å². The van der Waals surface area contributed by atoms with Gasteiger partial charge in [-0.15, -0.1) is 0 Å². The average molecular weight is 372 g/mol. The van der Waals surface area contributed by atoms with Crippen LogP contribution in [-0.4, -0.2) is 39.9 Å². The Morgan fingerprint density at radius 2 is 2.15 bits per heavy atom. The fourth-order valence-corrected chi connectivity index (χ4v) is 3.22. The van der Waals surface area contributed by atoms with Crippen LogP contribution in [-0.2, 0) is 0 Å². The Labute approximate surface area is 159 Å². The fourth-order valence-electron chi connectivity index (χ4n) is 3.13. The standard InChI is InChI=1S/C20H26ClN5/c1-3-4-7-20(26-10-5-6-11-26)24-19(12-15(2)21)23-17-8-9-18-16(13-17)14-22-25-18/h8-9,12-14H,3-7,10-11H2,1-2H3,(H,22,25)/b15-12+,23-19?,24-20?. The number of nitrogens with one attached hydrogen (secondary N) is 1. The third-order valence-corrected chi connectivity index (χ3v) is 4.57. The first-order valence-corrected chi connectivity index (χ1v) is 9.71. The van der Waals surface area contributed by atoms with E-state index in [0.717, 1.165) is 54.8 Å². The Hall–Kier alpha value is -2.14. The minimum Gasteiger partial charge on any atom is -0.360 e. The lowest BCUT2D eigenvalue weighted by Crippen LogP contribution is -2.28. The molecule has 26 heavy (non-hydrogen) atoms. The number of aromatic amines is 1. The lowest BCUT2D eigenvalue weighted by atomic mass is 10.2. The number of amidine groups is 2. The molecule has 2 heterocycles. The number of halogens is 1. The number of aromatic nitrogens is 2. The maximum atomic E-state index is 6.15. The highest BCUT2D eigenvalue weighted by atomic mass is 35.5. The molecule has 3 rings (SSSR count). The smallest absolute Gasteiger partial charge is 0.155 e. The SMILES string of the molecule is CCCCC(=NC(/C=C(\C)Cl)=Nc1ccc2[nH]ncc2c1)N1CCCC1. The van der Waals surface area contributed by atoms with Crippen molar-refractivity contribution >= 4 is 39.9 Å². The van der Waals surface area contributed by atoms with Crippen LogP contribution in [0.5, 0.6) is 0 Å². The fraction of sp³-hybridized carbons (Fsp3) is 0.450. The van der Waals surface area contributed by atoms with Gasteiger partial charge in [0.05, 0.1) is 17.4 Å². The van der Waals surface area contributed by atoms with Crippen molar-refractivity contribution in [1.82, 2.24) is 15.1 Å². The lowest BCUT2D eigenvalue weighted by molar-refractivity contribution is 0.503. The van der Waals surface area contributed by atoms with Gasteiger partial charge in [0.1, 0.15) is 5.84 Å². The molecule has 1 N–H and O–H groups in total. The van der Waals surface area contributed by atoms with Crippen molar-refractivity contribution in [2.45, 2.75) is 46.0 Å². The van der Waals surface area contributed by atoms with Crippen molar-refractivity contribution in [3.8, 4) is 0 Å². The van der Waals surface area contributed by atoms with Gasteiger partial charge < -0.3 is 4.90 Å². The highest BCUT2D eigenvalue weighted by molar-refractivity contribution is 6.31. The van der Waals surface area contributed by atoms with Gasteiger partial charge in [-0.1, -0.05) is 24.9 Å². The molecule has 0 atom stereocenters. The molecule has 1 aliphatic rings. The van der Waals surface area contributed by atoms with E-state index in [2.05, 4.69) is 22.0 Å². The largest absolute Gasteiger partial charge is 0.360 e. The van der Waals surface area contributed by atoms with Gasteiger partial charge >= 0.3 is 0 Å². The van der Waals surface area contributed by atoms with Crippen molar-refractivity contribution in [3.63, 3.8) is 0 Å². The maximum absolute atomic E-state index is 6.15. The van der Waals surface area contributed by atoms with Crippen LogP contribution >= 0.6 is 11.6 Å². The number of rotatable bonds is 5. The van der Waals surface area contributed by atoms with Crippen molar-refractivity contribution in [1.29, 1.82) is 0 Å². The number of likely N-dealkylation sites (tertiary alicyclic amines) is 1. The third kappa shape index (κ3) is 4.94. The summed E-state index contributed by atoms with van der Waals surface area (Å²) in [5, 5.41) is 8.73. The molecular weight excluding hydrogens is 346 g/mol. The van der Waals surface area contributed by atoms with Crippen LogP contribution in [0.15, 0.2) is 45.5 Å². The van der Waals surface area contributed by atoms with Crippen LogP contribution in [0, 0.1) is 0 Å². The predicted octanol–water partition coefficient (Wildman–Crippen LogP) is 5.42. The normalized spacial score (nSPS) is 16.7. The van der Waals surface area contributed by atoms with Crippen LogP contribution < -0.4 is 0 Å². The average Bonchev–Trinajstić information content (AvgIpc) is 3.28. The summed E-state index contributed by atoms with van der Waals surface area (Å²) in [5.41, 5.74) is 1.85. The molecule has 1 aromatic carbocycles. The number of nitrogens with zero attached hydrogens (tertiary/aromatic N) is 4. The highest BCUT2D eigenvalue weighted by Crippen LogP contribution is 2.21. The van der Waals surface area contributed by atoms with Crippen LogP contribution in [0.3, 0.4) is 0 Å². The number of H-pyrrole nitrogens is 1. The minimum absolute atomic E-state index is 0.651. The summed E-state index contributed by atoms with van der Waals surface area (Å²) in [6.07, 6.45) is 9.37. The molecule has 5 nitrogen and oxygen atoms in total. The zero-order valence-corrected chi connectivity index (χ0v) is 16.3. The van der Waals surface area contributed by atoms with Crippen molar-refractivity contribution in [2.24, 2.45) is 9.98 Å². The monoisotopic (exact) mass is 371 g/mol. The lowest BCUT2D eigenvalue weighted by Gasteiger charge is -2.20. The highest BCUT2D eigenvalue weighted by Gasteiger charge is 2.16. The van der Waals surface area contributed by atoms with E-state index < -0.39 is 0 Å². The van der Waals surface area contributed by atoms with Gasteiger partial charge in [0.15, 0.2) is 5.84 Å². The summed E-state index contributed by atoms with van der Waals surface area (Å²) in [4.78, 5) is 12.0. The molecular formula is C20H26ClN5. The van der Waals surface area contributed by atoms with E-state index in [-0.39, 0.29) is 0 Å². The number of fused-ring (bicyclic) bond motifs is 1. The molecule has 1 aromatic heterocycles. The first-order chi connectivity index (χ1) is 12.7.